The van der Waals surface area contributed by atoms with E-state index in [1.54, 1.807) is 0 Å². The Bertz CT molecular complexity index is 184. The first-order valence-corrected chi connectivity index (χ1v) is 3.60. The van der Waals surface area contributed by atoms with Crippen molar-refractivity contribution in [3.8, 4) is 0 Å². The normalized spacial score (nSPS) is 10.8. The van der Waals surface area contributed by atoms with Gasteiger partial charge in [-0.1, -0.05) is 6.92 Å². The van der Waals surface area contributed by atoms with Crippen LogP contribution in [0, 0.1) is 12.5 Å². The fourth-order valence-corrected chi connectivity index (χ4v) is 0.870. The van der Waals surface area contributed by atoms with E-state index in [0.29, 0.717) is 5.92 Å². The van der Waals surface area contributed by atoms with Gasteiger partial charge in [-0.05, 0) is 0 Å². The van der Waals surface area contributed by atoms with E-state index in [9.17, 15) is 0 Å². The summed E-state index contributed by atoms with van der Waals surface area (Å²) in [6.45, 7) is 4.25. The third-order valence-corrected chi connectivity index (χ3v) is 1.72. The van der Waals surface area contributed by atoms with Crippen LogP contribution in [-0.4, -0.2) is 0 Å². The van der Waals surface area contributed by atoms with Gasteiger partial charge in [0.2, 0.25) is 0 Å². The summed E-state index contributed by atoms with van der Waals surface area (Å²) in [7, 11) is 0. The van der Waals surface area contributed by atoms with Crippen molar-refractivity contribution in [2.45, 2.75) is 19.8 Å². The van der Waals surface area contributed by atoms with E-state index in [1.807, 2.05) is 18.2 Å². The Balaban J connectivity index is 0. The molecule has 0 aliphatic carbocycles. The van der Waals surface area contributed by atoms with Gasteiger partial charge in [0.15, 0.2) is 0 Å². The minimum atomic E-state index is 0. The Kier molecular flexibility index (Phi) is 11.9. The Morgan fingerprint density at radius 1 is 1.33 bits per heavy atom. The topological polar surface area (TPSA) is 0 Å². The summed E-state index contributed by atoms with van der Waals surface area (Å²) in [6, 6.07) is 11.3. The van der Waals surface area contributed by atoms with E-state index < -0.39 is 0 Å². The van der Waals surface area contributed by atoms with Gasteiger partial charge >= 0.3 is 0 Å². The first-order chi connectivity index (χ1) is 4.84. The molecule has 60 valence electrons. The molecule has 0 unspecified atom stereocenters. The maximum Gasteiger partial charge on any atom is 0 e. The van der Waals surface area contributed by atoms with Gasteiger partial charge in [0.25, 0.3) is 0 Å². The minimum Gasteiger partial charge on any atom is -0.326 e. The zero-order chi connectivity index (χ0) is 7.40. The first kappa shape index (κ1) is 15.9. The minimum absolute atomic E-state index is 0. The molecule has 0 aliphatic heterocycles. The van der Waals surface area contributed by atoms with Crippen LogP contribution in [0.3, 0.4) is 0 Å². The van der Waals surface area contributed by atoms with Crippen LogP contribution in [0.2, 0.25) is 0 Å². The number of benzene rings is 1. The molecule has 1 atom stereocenters. The second-order valence-electron chi connectivity index (χ2n) is 2.44. The summed E-state index contributed by atoms with van der Waals surface area (Å²) in [6.07, 6.45) is 2.17. The van der Waals surface area contributed by atoms with E-state index in [4.69, 9.17) is 0 Å². The van der Waals surface area contributed by atoms with Gasteiger partial charge < -0.3 is 6.42 Å². The standard InChI is InChI=1S/C10H12.2Y/c1-3-9(2)10-7-5-4-6-8-10;;/h3-7,9H,1-2H3;;/q-2;;/t9-;;/m1../s1. The molecule has 0 aliphatic rings. The molecule has 2 heteroatoms. The molecular formula is C10H12Y2-2. The zero-order valence-corrected chi connectivity index (χ0v) is 13.3. The monoisotopic (exact) mass is 310 g/mol. The molecule has 0 N–H and O–H groups in total. The quantitative estimate of drug-likeness (QED) is 0.737. The SMILES string of the molecule is C[CH-][C@@H](C)c1[c-]cccc1.[Y].[Y]. The Hall–Kier alpha value is 1.43. The maximum absolute atomic E-state index is 3.19. The van der Waals surface area contributed by atoms with Gasteiger partial charge in [-0.25, -0.2) is 0 Å². The second-order valence-corrected chi connectivity index (χ2v) is 2.44. The van der Waals surface area contributed by atoms with Gasteiger partial charge in [-0.3, -0.25) is 0 Å². The van der Waals surface area contributed by atoms with E-state index in [0.717, 1.165) is 0 Å². The van der Waals surface area contributed by atoms with Crippen LogP contribution in [0.1, 0.15) is 25.3 Å². The molecule has 0 spiro atoms. The fourth-order valence-electron chi connectivity index (χ4n) is 0.870. The van der Waals surface area contributed by atoms with Crippen molar-refractivity contribution in [1.29, 1.82) is 0 Å². The smallest absolute Gasteiger partial charge is 0 e. The number of rotatable bonds is 2. The average molecular weight is 310 g/mol. The first-order valence-electron chi connectivity index (χ1n) is 3.60. The van der Waals surface area contributed by atoms with Crippen LogP contribution in [0.4, 0.5) is 0 Å². The fraction of sp³-hybridized carbons (Fsp3) is 0.300. The second kappa shape index (κ2) is 9.00. The van der Waals surface area contributed by atoms with Gasteiger partial charge in [0, 0.05) is 65.4 Å². The predicted octanol–water partition coefficient (Wildman–Crippen LogP) is 2.81. The van der Waals surface area contributed by atoms with E-state index in [1.165, 1.54) is 5.56 Å². The molecule has 0 saturated carbocycles. The van der Waals surface area contributed by atoms with E-state index >= 15 is 0 Å². The molecule has 0 nitrogen and oxygen atoms in total. The van der Waals surface area contributed by atoms with Crippen molar-refractivity contribution in [2.75, 3.05) is 0 Å². The summed E-state index contributed by atoms with van der Waals surface area (Å²) < 4.78 is 0. The van der Waals surface area contributed by atoms with Crippen LogP contribution in [0.15, 0.2) is 24.3 Å². The van der Waals surface area contributed by atoms with Crippen molar-refractivity contribution in [3.63, 3.8) is 0 Å². The van der Waals surface area contributed by atoms with Crippen LogP contribution in [0.5, 0.6) is 0 Å². The molecule has 2 radical (unpaired) electrons. The zero-order valence-electron chi connectivity index (χ0n) is 7.62. The van der Waals surface area contributed by atoms with Crippen molar-refractivity contribution in [1.82, 2.24) is 0 Å². The Labute approximate surface area is 126 Å². The summed E-state index contributed by atoms with van der Waals surface area (Å²) in [5.74, 6) is 0.529. The van der Waals surface area contributed by atoms with E-state index in [2.05, 4.69) is 32.4 Å². The summed E-state index contributed by atoms with van der Waals surface area (Å²) in [4.78, 5) is 0. The van der Waals surface area contributed by atoms with Gasteiger partial charge in [0.05, 0.1) is 0 Å². The summed E-state index contributed by atoms with van der Waals surface area (Å²) in [5, 5.41) is 0. The molecule has 1 aromatic rings. The molecule has 1 aromatic carbocycles. The van der Waals surface area contributed by atoms with Gasteiger partial charge in [0.1, 0.15) is 0 Å². The maximum atomic E-state index is 3.19. The third kappa shape index (κ3) is 5.22. The van der Waals surface area contributed by atoms with Gasteiger partial charge in [-0.2, -0.15) is 48.7 Å². The van der Waals surface area contributed by atoms with Crippen molar-refractivity contribution < 1.29 is 65.4 Å². The van der Waals surface area contributed by atoms with E-state index in [-0.39, 0.29) is 65.4 Å². The molecule has 0 heterocycles. The molecular weight excluding hydrogens is 298 g/mol. The number of hydrogen-bond acceptors (Lipinski definition) is 0. The summed E-state index contributed by atoms with van der Waals surface area (Å²) >= 11 is 0. The predicted molar refractivity (Wildman–Crippen MR) is 43.7 cm³/mol. The van der Waals surface area contributed by atoms with Crippen molar-refractivity contribution in [2.24, 2.45) is 0 Å². The average Bonchev–Trinajstić information content (AvgIpc) is 2.05. The molecule has 12 heavy (non-hydrogen) atoms. The largest absolute Gasteiger partial charge is 0.326 e. The molecule has 0 amide bonds. The van der Waals surface area contributed by atoms with Crippen LogP contribution < -0.4 is 0 Å². The molecule has 0 fully saturated rings. The molecule has 1 rings (SSSR count). The van der Waals surface area contributed by atoms with Crippen molar-refractivity contribution >= 4 is 0 Å². The Morgan fingerprint density at radius 2 is 2.00 bits per heavy atom. The molecule has 0 aromatic heterocycles. The van der Waals surface area contributed by atoms with Crippen molar-refractivity contribution in [3.05, 3.63) is 42.3 Å². The third-order valence-electron chi connectivity index (χ3n) is 1.72. The molecule has 0 saturated heterocycles. The number of hydrogen-bond donors (Lipinski definition) is 0. The Morgan fingerprint density at radius 3 is 2.42 bits per heavy atom. The van der Waals surface area contributed by atoms with Crippen LogP contribution >= 0.6 is 0 Å². The van der Waals surface area contributed by atoms with Gasteiger partial charge in [-0.15, -0.1) is 0 Å². The van der Waals surface area contributed by atoms with Crippen LogP contribution in [-0.2, 0) is 65.4 Å². The molecule has 0 bridgehead atoms. The van der Waals surface area contributed by atoms with Crippen LogP contribution in [0.25, 0.3) is 0 Å². The summed E-state index contributed by atoms with van der Waals surface area (Å²) in [5.41, 5.74) is 1.27.